The molecule has 0 atom stereocenters. The summed E-state index contributed by atoms with van der Waals surface area (Å²) in [5, 5.41) is 17.4. The molecule has 1 aromatic rings. The summed E-state index contributed by atoms with van der Waals surface area (Å²) in [6.07, 6.45) is 2.27. The largest absolute Gasteiger partial charge is 0.390 e. The first-order chi connectivity index (χ1) is 5.81. The van der Waals surface area contributed by atoms with Crippen LogP contribution in [0.4, 0.5) is 0 Å². The van der Waals surface area contributed by atoms with Gasteiger partial charge in [-0.15, -0.1) is 0 Å². The van der Waals surface area contributed by atoms with Crippen LogP contribution in [-0.4, -0.2) is 10.1 Å². The van der Waals surface area contributed by atoms with Gasteiger partial charge in [0.25, 0.3) is 0 Å². The van der Waals surface area contributed by atoms with Gasteiger partial charge < -0.3 is 5.11 Å². The number of aromatic nitrogens is 1. The molecule has 0 aromatic carbocycles. The van der Waals surface area contributed by atoms with Crippen LogP contribution in [0.1, 0.15) is 23.7 Å². The predicted molar refractivity (Wildman–Crippen MR) is 44.3 cm³/mol. The van der Waals surface area contributed by atoms with E-state index in [1.807, 2.05) is 13.0 Å². The highest BCUT2D eigenvalue weighted by atomic mass is 16.3. The van der Waals surface area contributed by atoms with Crippen molar-refractivity contribution in [1.29, 1.82) is 5.26 Å². The van der Waals surface area contributed by atoms with Crippen LogP contribution in [0.3, 0.4) is 0 Å². The number of hydrogen-bond acceptors (Lipinski definition) is 3. The van der Waals surface area contributed by atoms with Crippen LogP contribution in [-0.2, 0) is 13.0 Å². The zero-order chi connectivity index (χ0) is 8.97. The van der Waals surface area contributed by atoms with Gasteiger partial charge in [0.2, 0.25) is 0 Å². The Hall–Kier alpha value is -1.40. The molecule has 0 unspecified atom stereocenters. The molecule has 0 saturated heterocycles. The molecular weight excluding hydrogens is 152 g/mol. The van der Waals surface area contributed by atoms with E-state index in [1.165, 1.54) is 6.20 Å². The first-order valence-electron chi connectivity index (χ1n) is 3.80. The number of nitriles is 1. The molecule has 1 rings (SSSR count). The van der Waals surface area contributed by atoms with E-state index < -0.39 is 0 Å². The maximum Gasteiger partial charge on any atom is 0.101 e. The van der Waals surface area contributed by atoms with Crippen molar-refractivity contribution in [2.75, 3.05) is 0 Å². The smallest absolute Gasteiger partial charge is 0.101 e. The lowest BCUT2D eigenvalue weighted by Crippen LogP contribution is -1.97. The van der Waals surface area contributed by atoms with Crippen molar-refractivity contribution >= 4 is 0 Å². The van der Waals surface area contributed by atoms with Crippen LogP contribution >= 0.6 is 0 Å². The summed E-state index contributed by atoms with van der Waals surface area (Å²) in [5.74, 6) is 0. The zero-order valence-corrected chi connectivity index (χ0v) is 6.91. The standard InChI is InChI=1S/C9H10N2O/c1-2-8-3-7(4-10)5-11-9(8)6-12/h3,5,12H,2,6H2,1H3. The lowest BCUT2D eigenvalue weighted by Gasteiger charge is -2.02. The van der Waals surface area contributed by atoms with E-state index in [4.69, 9.17) is 10.4 Å². The van der Waals surface area contributed by atoms with Crippen molar-refractivity contribution in [2.45, 2.75) is 20.0 Å². The fourth-order valence-corrected chi connectivity index (χ4v) is 1.05. The van der Waals surface area contributed by atoms with Gasteiger partial charge in [-0.1, -0.05) is 6.92 Å². The van der Waals surface area contributed by atoms with Gasteiger partial charge in [-0.3, -0.25) is 4.98 Å². The number of hydrogen-bond donors (Lipinski definition) is 1. The lowest BCUT2D eigenvalue weighted by molar-refractivity contribution is 0.275. The second-order valence-corrected chi connectivity index (χ2v) is 2.45. The minimum absolute atomic E-state index is 0.0606. The van der Waals surface area contributed by atoms with Crippen molar-refractivity contribution < 1.29 is 5.11 Å². The quantitative estimate of drug-likeness (QED) is 0.706. The highest BCUT2D eigenvalue weighted by Crippen LogP contribution is 2.08. The molecule has 0 fully saturated rings. The Morgan fingerprint density at radius 2 is 2.42 bits per heavy atom. The fourth-order valence-electron chi connectivity index (χ4n) is 1.05. The molecule has 0 bridgehead atoms. The van der Waals surface area contributed by atoms with E-state index in [-0.39, 0.29) is 6.61 Å². The summed E-state index contributed by atoms with van der Waals surface area (Å²) in [7, 11) is 0. The summed E-state index contributed by atoms with van der Waals surface area (Å²) in [6, 6.07) is 3.77. The Morgan fingerprint density at radius 1 is 1.67 bits per heavy atom. The number of aliphatic hydroxyl groups excluding tert-OH is 1. The van der Waals surface area contributed by atoms with Gasteiger partial charge in [-0.05, 0) is 18.1 Å². The molecule has 0 aliphatic rings. The first-order valence-corrected chi connectivity index (χ1v) is 3.80. The molecule has 1 N–H and O–H groups in total. The maximum absolute atomic E-state index is 8.87. The Bertz CT molecular complexity index is 315. The second kappa shape index (κ2) is 3.84. The van der Waals surface area contributed by atoms with Crippen molar-refractivity contribution in [2.24, 2.45) is 0 Å². The van der Waals surface area contributed by atoms with Gasteiger partial charge in [0, 0.05) is 6.20 Å². The molecule has 1 heterocycles. The van der Waals surface area contributed by atoms with Crippen LogP contribution in [0.2, 0.25) is 0 Å². The van der Waals surface area contributed by atoms with Crippen LogP contribution in [0, 0.1) is 11.3 Å². The molecule has 62 valence electrons. The highest BCUT2D eigenvalue weighted by Gasteiger charge is 2.01. The molecule has 3 nitrogen and oxygen atoms in total. The molecule has 0 aliphatic carbocycles. The molecule has 0 saturated carbocycles. The summed E-state index contributed by atoms with van der Waals surface area (Å²) >= 11 is 0. The second-order valence-electron chi connectivity index (χ2n) is 2.45. The number of nitrogens with zero attached hydrogens (tertiary/aromatic N) is 2. The molecular formula is C9H10N2O. The van der Waals surface area contributed by atoms with Crippen molar-refractivity contribution in [3.05, 3.63) is 29.1 Å². The van der Waals surface area contributed by atoms with Crippen LogP contribution in [0.25, 0.3) is 0 Å². The first kappa shape index (κ1) is 8.69. The number of pyridine rings is 1. The van der Waals surface area contributed by atoms with E-state index in [2.05, 4.69) is 4.98 Å². The van der Waals surface area contributed by atoms with Crippen molar-refractivity contribution in [3.8, 4) is 6.07 Å². The molecule has 0 radical (unpaired) electrons. The number of aryl methyl sites for hydroxylation is 1. The Morgan fingerprint density at radius 3 is 2.92 bits per heavy atom. The monoisotopic (exact) mass is 162 g/mol. The van der Waals surface area contributed by atoms with Gasteiger partial charge in [0.05, 0.1) is 17.9 Å². The van der Waals surface area contributed by atoms with Gasteiger partial charge in [0.1, 0.15) is 6.07 Å². The maximum atomic E-state index is 8.87. The van der Waals surface area contributed by atoms with Crippen molar-refractivity contribution in [1.82, 2.24) is 4.98 Å². The van der Waals surface area contributed by atoms with E-state index in [0.717, 1.165) is 12.0 Å². The SMILES string of the molecule is CCc1cc(C#N)cnc1CO. The molecule has 0 amide bonds. The number of rotatable bonds is 2. The van der Waals surface area contributed by atoms with E-state index in [9.17, 15) is 0 Å². The topological polar surface area (TPSA) is 56.9 Å². The summed E-state index contributed by atoms with van der Waals surface area (Å²) in [5.41, 5.74) is 2.15. The van der Waals surface area contributed by atoms with Crippen LogP contribution in [0.15, 0.2) is 12.3 Å². The van der Waals surface area contributed by atoms with Gasteiger partial charge in [-0.25, -0.2) is 0 Å². The zero-order valence-electron chi connectivity index (χ0n) is 6.91. The van der Waals surface area contributed by atoms with Crippen molar-refractivity contribution in [3.63, 3.8) is 0 Å². The molecule has 3 heteroatoms. The summed E-state index contributed by atoms with van der Waals surface area (Å²) < 4.78 is 0. The van der Waals surface area contributed by atoms with Gasteiger partial charge in [-0.2, -0.15) is 5.26 Å². The van der Waals surface area contributed by atoms with E-state index >= 15 is 0 Å². The molecule has 0 spiro atoms. The summed E-state index contributed by atoms with van der Waals surface area (Å²) in [4.78, 5) is 3.97. The average molecular weight is 162 g/mol. The van der Waals surface area contributed by atoms with Gasteiger partial charge >= 0.3 is 0 Å². The minimum atomic E-state index is -0.0606. The minimum Gasteiger partial charge on any atom is -0.390 e. The predicted octanol–water partition coefficient (Wildman–Crippen LogP) is 1.01. The average Bonchev–Trinajstić information content (AvgIpc) is 2.16. The summed E-state index contributed by atoms with van der Waals surface area (Å²) in [6.45, 7) is 1.91. The number of aliphatic hydroxyl groups is 1. The third-order valence-electron chi connectivity index (χ3n) is 1.72. The molecule has 12 heavy (non-hydrogen) atoms. The highest BCUT2D eigenvalue weighted by molar-refractivity contribution is 5.32. The Kier molecular flexibility index (Phi) is 2.78. The van der Waals surface area contributed by atoms with Crippen LogP contribution < -0.4 is 0 Å². The normalized spacial score (nSPS) is 9.42. The third-order valence-corrected chi connectivity index (χ3v) is 1.72. The fraction of sp³-hybridized carbons (Fsp3) is 0.333. The van der Waals surface area contributed by atoms with E-state index in [1.54, 1.807) is 6.07 Å². The lowest BCUT2D eigenvalue weighted by atomic mass is 10.1. The van der Waals surface area contributed by atoms with Gasteiger partial charge in [0.15, 0.2) is 0 Å². The molecule has 1 aromatic heterocycles. The Labute approximate surface area is 71.3 Å². The van der Waals surface area contributed by atoms with E-state index in [0.29, 0.717) is 11.3 Å². The third kappa shape index (κ3) is 1.60. The van der Waals surface area contributed by atoms with Crippen LogP contribution in [0.5, 0.6) is 0 Å². The Balaban J connectivity index is 3.13. The molecule has 0 aliphatic heterocycles.